The first-order valence-electron chi connectivity index (χ1n) is 11.4. The van der Waals surface area contributed by atoms with Crippen molar-refractivity contribution in [1.29, 1.82) is 0 Å². The van der Waals surface area contributed by atoms with Crippen LogP contribution in [0.2, 0.25) is 5.02 Å². The lowest BCUT2D eigenvalue weighted by Crippen LogP contribution is -2.41. The number of hydrogen-bond acceptors (Lipinski definition) is 7. The van der Waals surface area contributed by atoms with Gasteiger partial charge >= 0.3 is 0 Å². The largest absolute Gasteiger partial charge is 0.381 e. The molecule has 0 bridgehead atoms. The van der Waals surface area contributed by atoms with Gasteiger partial charge in [0.15, 0.2) is 11.3 Å². The molecule has 9 nitrogen and oxygen atoms in total. The number of nitrogens with zero attached hydrogens (tertiary/aromatic N) is 7. The van der Waals surface area contributed by atoms with Crippen LogP contribution in [0.3, 0.4) is 0 Å². The molecule has 0 atom stereocenters. The molecule has 0 aromatic carbocycles. The summed E-state index contributed by atoms with van der Waals surface area (Å²) in [7, 11) is 3.80. The van der Waals surface area contributed by atoms with Crippen LogP contribution < -0.4 is 9.80 Å². The summed E-state index contributed by atoms with van der Waals surface area (Å²) in [5.74, 6) is 7.89. The van der Waals surface area contributed by atoms with E-state index in [9.17, 15) is 0 Å². The van der Waals surface area contributed by atoms with Crippen molar-refractivity contribution in [3.63, 3.8) is 0 Å². The fraction of sp³-hybridized carbons (Fsp3) is 0.417. The number of halogens is 1. The van der Waals surface area contributed by atoms with Crippen molar-refractivity contribution in [2.75, 3.05) is 50.2 Å². The number of pyridine rings is 1. The van der Waals surface area contributed by atoms with E-state index in [0.29, 0.717) is 33.2 Å². The topological polar surface area (TPSA) is 87.5 Å². The molecule has 2 aliphatic rings. The predicted octanol–water partition coefficient (Wildman–Crippen LogP) is 3.13. The van der Waals surface area contributed by atoms with E-state index in [2.05, 4.69) is 36.9 Å². The van der Waals surface area contributed by atoms with E-state index in [4.69, 9.17) is 21.3 Å². The van der Waals surface area contributed by atoms with E-state index in [1.54, 1.807) is 18.5 Å². The predicted molar refractivity (Wildman–Crippen MR) is 132 cm³/mol. The summed E-state index contributed by atoms with van der Waals surface area (Å²) in [6.07, 6.45) is 8.84. The average Bonchev–Trinajstić information content (AvgIpc) is 3.58. The highest BCUT2D eigenvalue weighted by molar-refractivity contribution is 6.34. The lowest BCUT2D eigenvalue weighted by molar-refractivity contribution is 0.133. The number of anilines is 2. The van der Waals surface area contributed by atoms with Gasteiger partial charge in [-0.25, -0.2) is 9.97 Å². The monoisotopic (exact) mass is 476 g/mol. The number of hydrogen-bond donors (Lipinski definition) is 1. The lowest BCUT2D eigenvalue weighted by Gasteiger charge is -2.38. The Labute approximate surface area is 202 Å². The molecule has 4 aromatic rings. The van der Waals surface area contributed by atoms with Crippen LogP contribution in [0.1, 0.15) is 30.5 Å². The van der Waals surface area contributed by atoms with Gasteiger partial charge in [0.2, 0.25) is 5.95 Å². The van der Waals surface area contributed by atoms with Crippen molar-refractivity contribution in [1.82, 2.24) is 29.5 Å². The molecule has 6 rings (SSSR count). The Morgan fingerprint density at radius 2 is 2.00 bits per heavy atom. The van der Waals surface area contributed by atoms with Gasteiger partial charge in [-0.2, -0.15) is 10.1 Å². The van der Waals surface area contributed by atoms with Crippen LogP contribution in [0.25, 0.3) is 16.7 Å². The highest BCUT2D eigenvalue weighted by Gasteiger charge is 2.38. The number of ether oxygens (including phenoxy) is 1. The van der Waals surface area contributed by atoms with Gasteiger partial charge < -0.3 is 14.5 Å². The molecule has 1 N–H and O–H groups in total. The third-order valence-electron chi connectivity index (χ3n) is 6.94. The molecule has 6 heterocycles. The summed E-state index contributed by atoms with van der Waals surface area (Å²) in [5.41, 5.74) is 3.09. The fourth-order valence-corrected chi connectivity index (χ4v) is 5.26. The molecule has 4 aromatic heterocycles. The summed E-state index contributed by atoms with van der Waals surface area (Å²) in [4.78, 5) is 18.0. The van der Waals surface area contributed by atoms with Crippen LogP contribution in [0.5, 0.6) is 0 Å². The molecule has 1 spiro atoms. The maximum Gasteiger partial charge on any atom is 0.213 e. The standard InChI is InChI=1S/C24H25ClN8O/c1-31(2)22-19(25)16(5-9-26-22)3-4-17-18-20(30-29-17)28-23(33-13-10-27-21(18)33)32-11-6-24(7-12-32)8-14-34-15-24/h5,9-10,13H,6-8,11-12,14-15H2,1-2H3,(H,29,30). The molecule has 34 heavy (non-hydrogen) atoms. The minimum Gasteiger partial charge on any atom is -0.381 e. The Kier molecular flexibility index (Phi) is 5.08. The van der Waals surface area contributed by atoms with E-state index in [1.165, 1.54) is 0 Å². The van der Waals surface area contributed by atoms with Crippen molar-refractivity contribution < 1.29 is 4.74 Å². The van der Waals surface area contributed by atoms with Gasteiger partial charge in [0.25, 0.3) is 0 Å². The number of fused-ring (bicyclic) bond motifs is 3. The Bertz CT molecular complexity index is 1430. The van der Waals surface area contributed by atoms with E-state index in [-0.39, 0.29) is 0 Å². The molecule has 2 saturated heterocycles. The third-order valence-corrected chi connectivity index (χ3v) is 7.31. The van der Waals surface area contributed by atoms with Gasteiger partial charge in [-0.15, -0.1) is 0 Å². The average molecular weight is 477 g/mol. The highest BCUT2D eigenvalue weighted by Crippen LogP contribution is 2.40. The minimum absolute atomic E-state index is 0.338. The van der Waals surface area contributed by atoms with Crippen LogP contribution in [0.15, 0.2) is 24.7 Å². The normalized spacial score (nSPS) is 17.4. The summed E-state index contributed by atoms with van der Waals surface area (Å²) >= 11 is 6.52. The molecule has 2 aliphatic heterocycles. The van der Waals surface area contributed by atoms with Crippen LogP contribution in [-0.4, -0.2) is 69.9 Å². The molecule has 0 saturated carbocycles. The van der Waals surface area contributed by atoms with E-state index >= 15 is 0 Å². The maximum absolute atomic E-state index is 6.52. The molecular formula is C24H25ClN8O. The smallest absolute Gasteiger partial charge is 0.213 e. The zero-order valence-corrected chi connectivity index (χ0v) is 19.9. The summed E-state index contributed by atoms with van der Waals surface area (Å²) in [5, 5.41) is 8.83. The van der Waals surface area contributed by atoms with Crippen LogP contribution in [0, 0.1) is 17.3 Å². The van der Waals surface area contributed by atoms with Crippen LogP contribution in [0.4, 0.5) is 11.8 Å². The van der Waals surface area contributed by atoms with Crippen molar-refractivity contribution in [3.8, 4) is 11.8 Å². The van der Waals surface area contributed by atoms with Crippen LogP contribution >= 0.6 is 11.6 Å². The van der Waals surface area contributed by atoms with Crippen LogP contribution in [-0.2, 0) is 4.74 Å². The molecule has 0 radical (unpaired) electrons. The molecule has 0 amide bonds. The number of aromatic amines is 1. The first-order chi connectivity index (χ1) is 16.5. The fourth-order valence-electron chi connectivity index (χ4n) is 4.93. The van der Waals surface area contributed by atoms with Gasteiger partial charge in [-0.3, -0.25) is 9.50 Å². The first-order valence-corrected chi connectivity index (χ1v) is 11.8. The molecule has 2 fully saturated rings. The number of H-pyrrole nitrogens is 1. The van der Waals surface area contributed by atoms with Crippen molar-refractivity contribution in [2.24, 2.45) is 5.41 Å². The van der Waals surface area contributed by atoms with Gasteiger partial charge in [0, 0.05) is 57.9 Å². The minimum atomic E-state index is 0.338. The van der Waals surface area contributed by atoms with E-state index in [0.717, 1.165) is 62.5 Å². The van der Waals surface area contributed by atoms with E-state index < -0.39 is 0 Å². The number of nitrogens with one attached hydrogen (secondary N) is 1. The quantitative estimate of drug-likeness (QED) is 0.445. The van der Waals surface area contributed by atoms with Gasteiger partial charge in [-0.05, 0) is 36.7 Å². The lowest BCUT2D eigenvalue weighted by atomic mass is 9.78. The zero-order chi connectivity index (χ0) is 23.3. The first kappa shape index (κ1) is 21.2. The van der Waals surface area contributed by atoms with E-state index in [1.807, 2.05) is 29.6 Å². The second kappa shape index (κ2) is 8.15. The molecule has 0 aliphatic carbocycles. The zero-order valence-electron chi connectivity index (χ0n) is 19.2. The van der Waals surface area contributed by atoms with Gasteiger partial charge in [0.05, 0.1) is 17.0 Å². The summed E-state index contributed by atoms with van der Waals surface area (Å²) in [6.45, 7) is 3.66. The molecule has 10 heteroatoms. The Morgan fingerprint density at radius 1 is 1.15 bits per heavy atom. The molecular weight excluding hydrogens is 452 g/mol. The maximum atomic E-state index is 6.52. The van der Waals surface area contributed by atoms with Crippen molar-refractivity contribution >= 4 is 40.0 Å². The number of rotatable bonds is 2. The highest BCUT2D eigenvalue weighted by atomic mass is 35.5. The van der Waals surface area contributed by atoms with Crippen molar-refractivity contribution in [2.45, 2.75) is 19.3 Å². The molecule has 174 valence electrons. The Balaban J connectivity index is 1.37. The Morgan fingerprint density at radius 3 is 2.76 bits per heavy atom. The third kappa shape index (κ3) is 3.45. The number of imidazole rings is 1. The molecule has 0 unspecified atom stereocenters. The number of piperidine rings is 1. The SMILES string of the molecule is CN(C)c1nccc(C#Cc2[nH]nc3nc(N4CCC5(CCOC5)CC4)n4ccnc4c23)c1Cl. The summed E-state index contributed by atoms with van der Waals surface area (Å²) < 4.78 is 7.72. The van der Waals surface area contributed by atoms with Gasteiger partial charge in [-0.1, -0.05) is 17.5 Å². The number of aromatic nitrogens is 6. The Hall–Kier alpha value is -3.35. The second-order valence-electron chi connectivity index (χ2n) is 9.26. The summed E-state index contributed by atoms with van der Waals surface area (Å²) in [6, 6.07) is 1.81. The van der Waals surface area contributed by atoms with Gasteiger partial charge in [0.1, 0.15) is 11.5 Å². The van der Waals surface area contributed by atoms with Crippen molar-refractivity contribution in [3.05, 3.63) is 40.9 Å². The second-order valence-corrected chi connectivity index (χ2v) is 9.64.